The molecule has 65 heavy (non-hydrogen) atoms. The van der Waals surface area contributed by atoms with Crippen LogP contribution in [0.3, 0.4) is 0 Å². The molecule has 4 heterocycles. The average molecular weight is 917 g/mol. The first-order chi connectivity index (χ1) is 31.5. The molecule has 4 aromatic carbocycles. The molecule has 332 valence electrons. The van der Waals surface area contributed by atoms with E-state index in [4.69, 9.17) is 28.4 Å². The molecule has 0 aliphatic heterocycles. The highest BCUT2D eigenvalue weighted by Gasteiger charge is 2.20. The van der Waals surface area contributed by atoms with Crippen molar-refractivity contribution in [3.8, 4) is 55.6 Å². The second kappa shape index (κ2) is 20.1. The van der Waals surface area contributed by atoms with Crippen molar-refractivity contribution >= 4 is 72.3 Å². The number of carboxylic acid groups (broad SMARTS) is 1. The number of anilines is 2. The van der Waals surface area contributed by atoms with Gasteiger partial charge >= 0.3 is 5.97 Å². The lowest BCUT2D eigenvalue weighted by Gasteiger charge is -2.14. The molecular formula is C46H40N6O11S2. The van der Waals surface area contributed by atoms with Crippen molar-refractivity contribution in [1.82, 2.24) is 19.9 Å². The van der Waals surface area contributed by atoms with E-state index in [-0.39, 0.29) is 23.6 Å². The first-order valence-corrected chi connectivity index (χ1v) is 20.9. The Labute approximate surface area is 379 Å². The van der Waals surface area contributed by atoms with E-state index in [2.05, 4.69) is 30.6 Å². The van der Waals surface area contributed by atoms with Crippen LogP contribution >= 0.6 is 22.7 Å². The largest absolute Gasteiger partial charge is 0.493 e. The first-order valence-electron chi connectivity index (χ1n) is 19.3. The summed E-state index contributed by atoms with van der Waals surface area (Å²) in [6.45, 7) is -0.173. The Balaban J connectivity index is 0.000000194. The summed E-state index contributed by atoms with van der Waals surface area (Å²) >= 11 is 2.88. The normalized spacial score (nSPS) is 10.7. The number of methoxy groups -OCH3 is 6. The zero-order valence-electron chi connectivity index (χ0n) is 35.6. The first kappa shape index (κ1) is 45.2. The van der Waals surface area contributed by atoms with Gasteiger partial charge in [-0.2, -0.15) is 0 Å². The summed E-state index contributed by atoms with van der Waals surface area (Å²) in [5, 5.41) is 26.3. The van der Waals surface area contributed by atoms with Gasteiger partial charge in [-0.15, -0.1) is 22.7 Å². The third-order valence-corrected chi connectivity index (χ3v) is 11.7. The fraction of sp³-hybridized carbons (Fsp3) is 0.152. The molecule has 0 saturated heterocycles. The molecule has 0 unspecified atom stereocenters. The van der Waals surface area contributed by atoms with Crippen LogP contribution in [-0.2, 0) is 6.61 Å². The van der Waals surface area contributed by atoms with E-state index >= 15 is 0 Å². The van der Waals surface area contributed by atoms with Gasteiger partial charge in [0.2, 0.25) is 11.5 Å². The van der Waals surface area contributed by atoms with Gasteiger partial charge in [-0.1, -0.05) is 0 Å². The number of amides is 2. The van der Waals surface area contributed by atoms with Crippen LogP contribution in [0.25, 0.3) is 41.6 Å². The summed E-state index contributed by atoms with van der Waals surface area (Å²) in [4.78, 5) is 55.1. The van der Waals surface area contributed by atoms with E-state index in [0.717, 1.165) is 31.0 Å². The SMILES string of the molecule is COc1cc(C(=O)Nc2cc(C(=O)O)cc(-c3nc4ccncc4s3)c2)cc(OC)c1OC.COc1cc(C(=O)Nc2cc(CO)cc(-c3nc4ccncc4s3)c2)cc(OC)c1OC. The highest BCUT2D eigenvalue weighted by Crippen LogP contribution is 2.40. The molecule has 0 fully saturated rings. The predicted molar refractivity (Wildman–Crippen MR) is 247 cm³/mol. The van der Waals surface area contributed by atoms with Crippen LogP contribution in [0.4, 0.5) is 11.4 Å². The zero-order valence-corrected chi connectivity index (χ0v) is 37.3. The predicted octanol–water partition coefficient (Wildman–Crippen LogP) is 8.46. The highest BCUT2D eigenvalue weighted by atomic mass is 32.1. The number of hydrogen-bond acceptors (Lipinski definition) is 16. The van der Waals surface area contributed by atoms with Crippen molar-refractivity contribution in [2.24, 2.45) is 0 Å². The van der Waals surface area contributed by atoms with Crippen LogP contribution in [0.15, 0.2) is 97.6 Å². The molecule has 8 aromatic rings. The second-order valence-corrected chi connectivity index (χ2v) is 15.7. The van der Waals surface area contributed by atoms with E-state index in [1.807, 2.05) is 18.2 Å². The Morgan fingerprint density at radius 2 is 0.985 bits per heavy atom. The number of rotatable bonds is 14. The number of pyridine rings is 2. The van der Waals surface area contributed by atoms with E-state index in [1.54, 1.807) is 55.1 Å². The minimum atomic E-state index is -1.12. The van der Waals surface area contributed by atoms with E-state index in [0.29, 0.717) is 67.6 Å². The number of aliphatic hydroxyl groups is 1. The van der Waals surface area contributed by atoms with Gasteiger partial charge < -0.3 is 49.3 Å². The lowest BCUT2D eigenvalue weighted by molar-refractivity contribution is 0.0696. The third-order valence-electron chi connectivity index (χ3n) is 9.60. The third kappa shape index (κ3) is 10.0. The monoisotopic (exact) mass is 916 g/mol. The number of aromatic carboxylic acids is 1. The molecule has 19 heteroatoms. The van der Waals surface area contributed by atoms with Gasteiger partial charge in [-0.25, -0.2) is 14.8 Å². The Hall–Kier alpha value is -7.87. The molecule has 0 bridgehead atoms. The molecule has 0 spiro atoms. The number of aliphatic hydroxyl groups excluding tert-OH is 1. The number of hydrogen-bond donors (Lipinski definition) is 4. The molecule has 4 N–H and O–H groups in total. The standard InChI is InChI=1S/C23H19N3O6S.C23H21N3O5S/c1-30-17-9-12(10-18(31-2)20(17)32-3)21(27)25-15-7-13(6-14(8-15)23(28)29)22-26-16-4-5-24-11-19(16)33-22;1-29-18-9-14(10-19(30-2)21(18)31-3)22(28)25-16-7-13(12-27)6-15(8-16)23-26-17-4-5-24-11-20(17)32-23/h4-11H,1-3H3,(H,25,27)(H,28,29);4-11,27H,12H2,1-3H3,(H,25,28). The molecular weight excluding hydrogens is 877 g/mol. The van der Waals surface area contributed by atoms with Crippen LogP contribution in [0.5, 0.6) is 34.5 Å². The molecule has 0 radical (unpaired) electrons. The smallest absolute Gasteiger partial charge is 0.335 e. The van der Waals surface area contributed by atoms with Crippen molar-refractivity contribution in [2.75, 3.05) is 53.3 Å². The van der Waals surface area contributed by atoms with E-state index in [9.17, 15) is 24.6 Å². The average Bonchev–Trinajstić information content (AvgIpc) is 3.98. The Kier molecular flexibility index (Phi) is 14.0. The maximum atomic E-state index is 13.0. The van der Waals surface area contributed by atoms with Gasteiger partial charge in [-0.05, 0) is 78.4 Å². The van der Waals surface area contributed by atoms with Gasteiger partial charge in [-0.3, -0.25) is 19.6 Å². The second-order valence-electron chi connectivity index (χ2n) is 13.6. The summed E-state index contributed by atoms with van der Waals surface area (Å²) in [6.07, 6.45) is 6.80. The van der Waals surface area contributed by atoms with E-state index in [1.165, 1.54) is 89.6 Å². The molecule has 4 aromatic heterocycles. The summed E-state index contributed by atoms with van der Waals surface area (Å²) < 4.78 is 33.7. The quantitative estimate of drug-likeness (QED) is 0.0803. The Morgan fingerprint density at radius 1 is 0.554 bits per heavy atom. The number of carbonyl (C=O) groups excluding carboxylic acids is 2. The summed E-state index contributed by atoms with van der Waals surface area (Å²) in [5.41, 5.74) is 5.05. The van der Waals surface area contributed by atoms with Crippen LogP contribution < -0.4 is 39.1 Å². The molecule has 0 atom stereocenters. The number of aromatic nitrogens is 4. The number of thiazole rings is 2. The number of fused-ring (bicyclic) bond motifs is 2. The summed E-state index contributed by atoms with van der Waals surface area (Å²) in [6, 6.07) is 19.8. The number of carboxylic acids is 1. The highest BCUT2D eigenvalue weighted by molar-refractivity contribution is 7.22. The van der Waals surface area contributed by atoms with Gasteiger partial charge in [0, 0.05) is 58.4 Å². The van der Waals surface area contributed by atoms with Crippen molar-refractivity contribution in [3.05, 3.63) is 120 Å². The molecule has 0 aliphatic rings. The fourth-order valence-corrected chi connectivity index (χ4v) is 8.40. The maximum absolute atomic E-state index is 13.0. The van der Waals surface area contributed by atoms with Gasteiger partial charge in [0.05, 0.1) is 75.3 Å². The van der Waals surface area contributed by atoms with E-state index < -0.39 is 11.9 Å². The zero-order chi connectivity index (χ0) is 46.2. The van der Waals surface area contributed by atoms with Crippen molar-refractivity contribution in [2.45, 2.75) is 6.61 Å². The minimum absolute atomic E-state index is 0.0186. The molecule has 0 aliphatic carbocycles. The van der Waals surface area contributed by atoms with Crippen molar-refractivity contribution in [3.63, 3.8) is 0 Å². The Morgan fingerprint density at radius 3 is 1.37 bits per heavy atom. The topological polar surface area (TPSA) is 223 Å². The number of nitrogens with zero attached hydrogens (tertiary/aromatic N) is 4. The molecule has 2 amide bonds. The number of nitrogens with one attached hydrogen (secondary N) is 2. The van der Waals surface area contributed by atoms with Crippen LogP contribution in [0.1, 0.15) is 36.6 Å². The van der Waals surface area contributed by atoms with Crippen molar-refractivity contribution < 1.29 is 53.0 Å². The van der Waals surface area contributed by atoms with Gasteiger partial charge in [0.15, 0.2) is 23.0 Å². The Bertz CT molecular complexity index is 2950. The number of benzene rings is 4. The summed E-state index contributed by atoms with van der Waals surface area (Å²) in [5.74, 6) is 0.210. The van der Waals surface area contributed by atoms with Crippen LogP contribution in [-0.4, -0.2) is 90.6 Å². The number of ether oxygens (including phenoxy) is 6. The lowest BCUT2D eigenvalue weighted by atomic mass is 10.1. The summed E-state index contributed by atoms with van der Waals surface area (Å²) in [7, 11) is 8.86. The molecule has 8 rings (SSSR count). The number of carbonyl (C=O) groups is 3. The minimum Gasteiger partial charge on any atom is -0.493 e. The van der Waals surface area contributed by atoms with Crippen molar-refractivity contribution in [1.29, 1.82) is 0 Å². The van der Waals surface area contributed by atoms with Gasteiger partial charge in [0.25, 0.3) is 11.8 Å². The lowest BCUT2D eigenvalue weighted by Crippen LogP contribution is -2.13. The van der Waals surface area contributed by atoms with Crippen LogP contribution in [0, 0.1) is 0 Å². The molecule has 17 nitrogen and oxygen atoms in total. The molecule has 0 saturated carbocycles. The maximum Gasteiger partial charge on any atom is 0.335 e. The fourth-order valence-electron chi connectivity index (χ4n) is 6.56. The van der Waals surface area contributed by atoms with Crippen LogP contribution in [0.2, 0.25) is 0 Å². The van der Waals surface area contributed by atoms with Gasteiger partial charge in [0.1, 0.15) is 10.0 Å².